The summed E-state index contributed by atoms with van der Waals surface area (Å²) in [6.45, 7) is 3.13. The number of hydrogen-bond donors (Lipinski definition) is 0. The van der Waals surface area contributed by atoms with E-state index in [0.717, 1.165) is 23.1 Å². The molecule has 160 valence electrons. The highest BCUT2D eigenvalue weighted by Crippen LogP contribution is 2.32. The van der Waals surface area contributed by atoms with Crippen molar-refractivity contribution >= 4 is 52.3 Å². The first-order valence-electron chi connectivity index (χ1n) is 9.77. The molecule has 0 bridgehead atoms. The molecule has 0 N–H and O–H groups in total. The highest BCUT2D eigenvalue weighted by molar-refractivity contribution is 8.26. The van der Waals surface area contributed by atoms with Crippen LogP contribution in [0, 0.1) is 6.92 Å². The third kappa shape index (κ3) is 6.62. The number of esters is 1. The van der Waals surface area contributed by atoms with E-state index < -0.39 is 5.97 Å². The van der Waals surface area contributed by atoms with Gasteiger partial charge in [-0.15, -0.1) is 0 Å². The van der Waals surface area contributed by atoms with Crippen molar-refractivity contribution < 1.29 is 19.1 Å². The molecule has 1 saturated heterocycles. The zero-order chi connectivity index (χ0) is 22.2. The number of hydrogen-bond acceptors (Lipinski definition) is 6. The lowest BCUT2D eigenvalue weighted by atomic mass is 10.1. The monoisotopic (exact) mass is 453 g/mol. The quantitative estimate of drug-likeness (QED) is 0.187. The zero-order valence-electron chi connectivity index (χ0n) is 17.4. The summed E-state index contributed by atoms with van der Waals surface area (Å²) in [5, 5.41) is 0. The van der Waals surface area contributed by atoms with Crippen LogP contribution < -0.4 is 4.74 Å². The van der Waals surface area contributed by atoms with E-state index >= 15 is 0 Å². The van der Waals surface area contributed by atoms with Crippen LogP contribution in [0.3, 0.4) is 0 Å². The number of carbonyl (C=O) groups is 2. The lowest BCUT2D eigenvalue weighted by Gasteiger charge is -2.13. The van der Waals surface area contributed by atoms with Crippen molar-refractivity contribution in [3.8, 4) is 5.75 Å². The Hall–Kier alpha value is -2.74. The van der Waals surface area contributed by atoms with E-state index in [0.29, 0.717) is 28.1 Å². The maximum atomic E-state index is 12.6. The number of ether oxygens (including phenoxy) is 2. The summed E-state index contributed by atoms with van der Waals surface area (Å²) in [6.07, 6.45) is 5.63. The van der Waals surface area contributed by atoms with Crippen LogP contribution >= 0.6 is 24.0 Å². The van der Waals surface area contributed by atoms with Crippen LogP contribution in [-0.2, 0) is 14.3 Å². The van der Waals surface area contributed by atoms with Crippen LogP contribution in [0.5, 0.6) is 5.75 Å². The summed E-state index contributed by atoms with van der Waals surface area (Å²) >= 11 is 6.61. The number of benzene rings is 2. The summed E-state index contributed by atoms with van der Waals surface area (Å²) in [7, 11) is 1.63. The van der Waals surface area contributed by atoms with Gasteiger partial charge in [0, 0.05) is 26.3 Å². The fourth-order valence-electron chi connectivity index (χ4n) is 2.84. The van der Waals surface area contributed by atoms with Gasteiger partial charge in [0.05, 0.1) is 4.91 Å². The molecule has 1 aliphatic rings. The molecular weight excluding hydrogens is 430 g/mol. The van der Waals surface area contributed by atoms with Crippen LogP contribution in [-0.4, -0.2) is 41.4 Å². The third-order valence-electron chi connectivity index (χ3n) is 4.49. The first-order valence-corrected chi connectivity index (χ1v) is 11.0. The summed E-state index contributed by atoms with van der Waals surface area (Å²) in [5.41, 5.74) is 2.91. The van der Waals surface area contributed by atoms with Crippen LogP contribution in [0.25, 0.3) is 12.2 Å². The van der Waals surface area contributed by atoms with Crippen LogP contribution in [0.15, 0.2) is 59.5 Å². The lowest BCUT2D eigenvalue weighted by Crippen LogP contribution is -2.29. The van der Waals surface area contributed by atoms with Crippen molar-refractivity contribution in [3.05, 3.63) is 76.2 Å². The van der Waals surface area contributed by atoms with Gasteiger partial charge in [0.1, 0.15) is 10.1 Å². The normalized spacial score (nSPS) is 15.3. The number of nitrogens with zero attached hydrogens (tertiary/aromatic N) is 1. The fourth-order valence-corrected chi connectivity index (χ4v) is 4.14. The molecular formula is C24H23NO4S2. The molecule has 1 fully saturated rings. The number of rotatable bonds is 8. The highest BCUT2D eigenvalue weighted by atomic mass is 32.2. The third-order valence-corrected chi connectivity index (χ3v) is 5.87. The Balaban J connectivity index is 1.58. The molecule has 0 unspecified atom stereocenters. The van der Waals surface area contributed by atoms with E-state index in [1.54, 1.807) is 48.4 Å². The standard InChI is InChI=1S/C24H23NO4S2/c1-17-4-6-18(7-5-17)10-13-22(26)29-20-11-8-19(9-12-20)16-21-23(27)25(24(30)31-21)14-3-15-28-2/h4-13,16H,3,14-15H2,1-2H3. The number of carbonyl (C=O) groups excluding carboxylic acids is 2. The van der Waals surface area contributed by atoms with E-state index in [1.807, 2.05) is 31.2 Å². The van der Waals surface area contributed by atoms with Gasteiger partial charge in [-0.25, -0.2) is 4.79 Å². The first-order chi connectivity index (χ1) is 15.0. The molecule has 31 heavy (non-hydrogen) atoms. The Kier molecular flexibility index (Phi) is 8.17. The lowest BCUT2D eigenvalue weighted by molar-refractivity contribution is -0.129. The zero-order valence-corrected chi connectivity index (χ0v) is 19.0. The molecule has 1 heterocycles. The van der Waals surface area contributed by atoms with E-state index in [9.17, 15) is 9.59 Å². The van der Waals surface area contributed by atoms with Gasteiger partial charge in [0.15, 0.2) is 0 Å². The van der Waals surface area contributed by atoms with Crippen molar-refractivity contribution in [1.82, 2.24) is 4.90 Å². The minimum absolute atomic E-state index is 0.0946. The summed E-state index contributed by atoms with van der Waals surface area (Å²) in [4.78, 5) is 26.8. The van der Waals surface area contributed by atoms with Crippen molar-refractivity contribution in [3.63, 3.8) is 0 Å². The number of thioether (sulfide) groups is 1. The van der Waals surface area contributed by atoms with Gasteiger partial charge < -0.3 is 9.47 Å². The second-order valence-electron chi connectivity index (χ2n) is 6.91. The predicted octanol–water partition coefficient (Wildman–Crippen LogP) is 4.85. The molecule has 0 aliphatic carbocycles. The van der Waals surface area contributed by atoms with E-state index in [2.05, 4.69) is 0 Å². The van der Waals surface area contributed by atoms with Gasteiger partial charge in [-0.2, -0.15) is 0 Å². The van der Waals surface area contributed by atoms with E-state index in [1.165, 1.54) is 17.8 Å². The maximum absolute atomic E-state index is 12.6. The molecule has 3 rings (SSSR count). The van der Waals surface area contributed by atoms with Crippen molar-refractivity contribution in [2.24, 2.45) is 0 Å². The Bertz CT molecular complexity index is 1010. The van der Waals surface area contributed by atoms with Gasteiger partial charge in [-0.3, -0.25) is 9.69 Å². The molecule has 0 aromatic heterocycles. The molecule has 0 spiro atoms. The van der Waals surface area contributed by atoms with Crippen LogP contribution in [0.2, 0.25) is 0 Å². The van der Waals surface area contributed by atoms with Crippen LogP contribution in [0.4, 0.5) is 0 Å². The van der Waals surface area contributed by atoms with Crippen molar-refractivity contribution in [1.29, 1.82) is 0 Å². The average Bonchev–Trinajstić information content (AvgIpc) is 3.02. The van der Waals surface area contributed by atoms with Gasteiger partial charge in [0.2, 0.25) is 0 Å². The number of thiocarbonyl (C=S) groups is 1. The Labute approximate surface area is 191 Å². The highest BCUT2D eigenvalue weighted by Gasteiger charge is 2.31. The minimum atomic E-state index is -0.453. The molecule has 0 saturated carbocycles. The largest absolute Gasteiger partial charge is 0.423 e. The van der Waals surface area contributed by atoms with Gasteiger partial charge in [0.25, 0.3) is 5.91 Å². The Morgan fingerprint density at radius 3 is 2.45 bits per heavy atom. The van der Waals surface area contributed by atoms with Crippen molar-refractivity contribution in [2.75, 3.05) is 20.3 Å². The smallest absolute Gasteiger partial charge is 0.336 e. The van der Waals surface area contributed by atoms with E-state index in [4.69, 9.17) is 21.7 Å². The molecule has 0 atom stereocenters. The van der Waals surface area contributed by atoms with E-state index in [-0.39, 0.29) is 5.91 Å². The summed E-state index contributed by atoms with van der Waals surface area (Å²) in [6, 6.07) is 14.8. The van der Waals surface area contributed by atoms with Gasteiger partial charge in [-0.05, 0) is 48.8 Å². The average molecular weight is 454 g/mol. The summed E-state index contributed by atoms with van der Waals surface area (Å²) < 4.78 is 10.9. The molecule has 1 aliphatic heterocycles. The Morgan fingerprint density at radius 1 is 1.10 bits per heavy atom. The SMILES string of the molecule is COCCCN1C(=O)C(=Cc2ccc(OC(=O)C=Cc3ccc(C)cc3)cc2)SC1=S. The van der Waals surface area contributed by atoms with Gasteiger partial charge >= 0.3 is 5.97 Å². The molecule has 7 heteroatoms. The number of aryl methyl sites for hydroxylation is 1. The topological polar surface area (TPSA) is 55.8 Å². The van der Waals surface area contributed by atoms with Crippen molar-refractivity contribution in [2.45, 2.75) is 13.3 Å². The van der Waals surface area contributed by atoms with Gasteiger partial charge in [-0.1, -0.05) is 65.9 Å². The molecule has 2 aromatic rings. The predicted molar refractivity (Wildman–Crippen MR) is 129 cm³/mol. The maximum Gasteiger partial charge on any atom is 0.336 e. The second kappa shape index (κ2) is 11.0. The molecule has 0 radical (unpaired) electrons. The number of amides is 1. The van der Waals surface area contributed by atoms with Crippen LogP contribution in [0.1, 0.15) is 23.1 Å². The minimum Gasteiger partial charge on any atom is -0.423 e. The molecule has 2 aromatic carbocycles. The Morgan fingerprint density at radius 2 is 1.77 bits per heavy atom. The fraction of sp³-hybridized carbons (Fsp3) is 0.208. The second-order valence-corrected chi connectivity index (χ2v) is 8.59. The molecule has 5 nitrogen and oxygen atoms in total. The summed E-state index contributed by atoms with van der Waals surface area (Å²) in [5.74, 6) is -0.115. The first kappa shape index (κ1) is 22.9. The molecule has 1 amide bonds. The number of methoxy groups -OCH3 is 1.